The van der Waals surface area contributed by atoms with Gasteiger partial charge in [0.25, 0.3) is 0 Å². The number of rotatable bonds is 2. The molecule has 0 spiro atoms. The topological polar surface area (TPSA) is 47.6 Å². The van der Waals surface area contributed by atoms with Crippen molar-refractivity contribution < 1.29 is 8.78 Å². The van der Waals surface area contributed by atoms with E-state index in [1.807, 2.05) is 6.07 Å². The van der Waals surface area contributed by atoms with Gasteiger partial charge in [0.15, 0.2) is 0 Å². The summed E-state index contributed by atoms with van der Waals surface area (Å²) in [6.07, 6.45) is 1.57. The summed E-state index contributed by atoms with van der Waals surface area (Å²) in [5.74, 6) is -1.07. The van der Waals surface area contributed by atoms with E-state index in [4.69, 9.17) is 56.9 Å². The first-order valence-corrected chi connectivity index (χ1v) is 8.82. The molecule has 0 saturated heterocycles. The Kier molecular flexibility index (Phi) is 6.72. The molecule has 0 aliphatic heterocycles. The van der Waals surface area contributed by atoms with Crippen LogP contribution in [0.2, 0.25) is 20.1 Å². The SMILES string of the molecule is N#CC1(c2cc(F)c(Cl)cc2Cl)CC1.N#CCc1cc(F)c(Cl)cc1Cl. The third kappa shape index (κ3) is 4.58. The molecule has 134 valence electrons. The minimum absolute atomic E-state index is 0.00695. The maximum Gasteiger partial charge on any atom is 0.142 e. The number of benzene rings is 2. The number of nitriles is 2. The summed E-state index contributed by atoms with van der Waals surface area (Å²) >= 11 is 22.6. The van der Waals surface area contributed by atoms with Gasteiger partial charge in [0.2, 0.25) is 0 Å². The van der Waals surface area contributed by atoms with Gasteiger partial charge >= 0.3 is 0 Å². The predicted molar refractivity (Wildman–Crippen MR) is 98.7 cm³/mol. The van der Waals surface area contributed by atoms with Crippen molar-refractivity contribution in [3.05, 3.63) is 67.1 Å². The molecule has 0 amide bonds. The summed E-state index contributed by atoms with van der Waals surface area (Å²) < 4.78 is 25.9. The van der Waals surface area contributed by atoms with Crippen LogP contribution in [0.1, 0.15) is 24.0 Å². The fraction of sp³-hybridized carbons (Fsp3) is 0.222. The van der Waals surface area contributed by atoms with Gasteiger partial charge in [-0.1, -0.05) is 46.4 Å². The zero-order valence-corrected chi connectivity index (χ0v) is 16.1. The van der Waals surface area contributed by atoms with Crippen molar-refractivity contribution in [3.8, 4) is 12.1 Å². The normalized spacial score (nSPS) is 13.8. The molecule has 2 aromatic rings. The van der Waals surface area contributed by atoms with Crippen LogP contribution < -0.4 is 0 Å². The lowest BCUT2D eigenvalue weighted by molar-refractivity contribution is 0.624. The summed E-state index contributed by atoms with van der Waals surface area (Å²) in [7, 11) is 0. The van der Waals surface area contributed by atoms with Crippen molar-refractivity contribution in [2.75, 3.05) is 0 Å². The Labute approximate surface area is 169 Å². The molecule has 1 aliphatic rings. The molecule has 0 radical (unpaired) electrons. The zero-order valence-electron chi connectivity index (χ0n) is 13.1. The third-order valence-corrected chi connectivity index (χ3v) is 5.09. The first kappa shape index (κ1) is 20.7. The fourth-order valence-corrected chi connectivity index (χ4v) is 3.25. The number of halogens is 6. The molecule has 2 aromatic carbocycles. The molecule has 0 heterocycles. The second-order valence-corrected chi connectivity index (χ2v) is 7.26. The first-order valence-electron chi connectivity index (χ1n) is 7.30. The second kappa shape index (κ2) is 8.42. The molecule has 8 heteroatoms. The van der Waals surface area contributed by atoms with E-state index in [0.29, 0.717) is 21.2 Å². The minimum Gasteiger partial charge on any atom is -0.205 e. The van der Waals surface area contributed by atoms with Crippen LogP contribution >= 0.6 is 46.4 Å². The van der Waals surface area contributed by atoms with E-state index in [1.165, 1.54) is 24.3 Å². The summed E-state index contributed by atoms with van der Waals surface area (Å²) in [6, 6.07) is 9.13. The van der Waals surface area contributed by atoms with Crippen molar-refractivity contribution in [2.45, 2.75) is 24.7 Å². The van der Waals surface area contributed by atoms with E-state index in [1.54, 1.807) is 0 Å². The Morgan fingerprint density at radius 3 is 1.88 bits per heavy atom. The Balaban J connectivity index is 0.000000190. The van der Waals surface area contributed by atoms with Crippen LogP contribution in [0.15, 0.2) is 24.3 Å². The first-order chi connectivity index (χ1) is 12.2. The molecular weight excluding hydrogens is 424 g/mol. The Hall–Kier alpha value is -1.56. The number of hydrogen-bond acceptors (Lipinski definition) is 2. The molecule has 2 nitrogen and oxygen atoms in total. The monoisotopic (exact) mass is 432 g/mol. The van der Waals surface area contributed by atoms with Crippen molar-refractivity contribution in [3.63, 3.8) is 0 Å². The predicted octanol–water partition coefficient (Wildman–Crippen LogP) is 6.89. The molecule has 3 rings (SSSR count). The summed E-state index contributed by atoms with van der Waals surface area (Å²) in [5, 5.41) is 17.9. The average Bonchev–Trinajstić information content (AvgIpc) is 3.38. The smallest absolute Gasteiger partial charge is 0.142 e. The van der Waals surface area contributed by atoms with Gasteiger partial charge in [-0.3, -0.25) is 0 Å². The fourth-order valence-electron chi connectivity index (χ4n) is 2.24. The second-order valence-electron chi connectivity index (χ2n) is 5.63. The molecule has 0 bridgehead atoms. The molecule has 1 saturated carbocycles. The maximum absolute atomic E-state index is 13.2. The lowest BCUT2D eigenvalue weighted by Crippen LogP contribution is -2.04. The standard InChI is InChI=1S/C10H6Cl2FN.C8H4Cl2FN/c11-7-4-8(12)9(13)3-6(7)10(5-14)1-2-10;9-6-4-7(10)8(11)3-5(6)1-2-12/h3-4H,1-2H2;3-4H,1H2. The van der Waals surface area contributed by atoms with Crippen LogP contribution in [0.3, 0.4) is 0 Å². The van der Waals surface area contributed by atoms with Crippen LogP contribution in [0.25, 0.3) is 0 Å². The molecule has 0 unspecified atom stereocenters. The Morgan fingerprint density at radius 2 is 1.38 bits per heavy atom. The van der Waals surface area contributed by atoms with Gasteiger partial charge in [0, 0.05) is 10.0 Å². The Morgan fingerprint density at radius 1 is 0.846 bits per heavy atom. The van der Waals surface area contributed by atoms with E-state index >= 15 is 0 Å². The van der Waals surface area contributed by atoms with Gasteiger partial charge in [0.05, 0.1) is 34.0 Å². The Bertz CT molecular complexity index is 928. The third-order valence-electron chi connectivity index (χ3n) is 3.85. The van der Waals surface area contributed by atoms with Gasteiger partial charge in [-0.2, -0.15) is 10.5 Å². The quantitative estimate of drug-likeness (QED) is 0.484. The summed E-state index contributed by atoms with van der Waals surface area (Å²) in [5.41, 5.74) is 0.451. The van der Waals surface area contributed by atoms with Crippen LogP contribution in [-0.2, 0) is 11.8 Å². The average molecular weight is 434 g/mol. The van der Waals surface area contributed by atoms with Gasteiger partial charge in [-0.25, -0.2) is 8.78 Å². The maximum atomic E-state index is 13.2. The highest BCUT2D eigenvalue weighted by molar-refractivity contribution is 6.35. The van der Waals surface area contributed by atoms with Gasteiger partial charge in [-0.15, -0.1) is 0 Å². The van der Waals surface area contributed by atoms with Crippen molar-refractivity contribution in [2.24, 2.45) is 0 Å². The zero-order chi connectivity index (χ0) is 19.5. The minimum atomic E-state index is -0.567. The van der Waals surface area contributed by atoms with Crippen molar-refractivity contribution in [1.82, 2.24) is 0 Å². The van der Waals surface area contributed by atoms with Gasteiger partial charge in [0.1, 0.15) is 11.6 Å². The van der Waals surface area contributed by atoms with Gasteiger partial charge in [-0.05, 0) is 48.2 Å². The van der Waals surface area contributed by atoms with E-state index < -0.39 is 17.0 Å². The number of nitrogens with zero attached hydrogens (tertiary/aromatic N) is 2. The number of hydrogen-bond donors (Lipinski definition) is 0. The van der Waals surface area contributed by atoms with Crippen LogP contribution in [-0.4, -0.2) is 0 Å². The van der Waals surface area contributed by atoms with E-state index in [2.05, 4.69) is 6.07 Å². The van der Waals surface area contributed by atoms with Crippen molar-refractivity contribution in [1.29, 1.82) is 10.5 Å². The highest BCUT2D eigenvalue weighted by atomic mass is 35.5. The highest BCUT2D eigenvalue weighted by Gasteiger charge is 2.46. The molecular formula is C18H10Cl4F2N2. The highest BCUT2D eigenvalue weighted by Crippen LogP contribution is 2.50. The molecule has 1 fully saturated rings. The molecule has 0 atom stereocenters. The molecule has 26 heavy (non-hydrogen) atoms. The lowest BCUT2D eigenvalue weighted by Gasteiger charge is -2.09. The van der Waals surface area contributed by atoms with Crippen molar-refractivity contribution >= 4 is 46.4 Å². The molecule has 0 N–H and O–H groups in total. The summed E-state index contributed by atoms with van der Waals surface area (Å²) in [6.45, 7) is 0. The van der Waals surface area contributed by atoms with Crippen LogP contribution in [0.5, 0.6) is 0 Å². The molecule has 1 aliphatic carbocycles. The van der Waals surface area contributed by atoms with E-state index in [-0.39, 0.29) is 16.5 Å². The largest absolute Gasteiger partial charge is 0.205 e. The summed E-state index contributed by atoms with van der Waals surface area (Å²) in [4.78, 5) is 0. The molecule has 0 aromatic heterocycles. The van der Waals surface area contributed by atoms with Crippen LogP contribution in [0.4, 0.5) is 8.78 Å². The van der Waals surface area contributed by atoms with E-state index in [0.717, 1.165) is 12.8 Å². The van der Waals surface area contributed by atoms with Gasteiger partial charge < -0.3 is 0 Å². The lowest BCUT2D eigenvalue weighted by atomic mass is 9.98. The van der Waals surface area contributed by atoms with E-state index in [9.17, 15) is 8.78 Å². The van der Waals surface area contributed by atoms with Crippen LogP contribution in [0, 0.1) is 34.3 Å².